The SMILES string of the molecule is CCC(OCC(C)(C)C)C(C)(C)C. The summed E-state index contributed by atoms with van der Waals surface area (Å²) in [6.07, 6.45) is 1.48. The second kappa shape index (κ2) is 4.45. The zero-order valence-electron chi connectivity index (χ0n) is 10.4. The summed E-state index contributed by atoms with van der Waals surface area (Å²) in [5.74, 6) is 0. The third-order valence-electron chi connectivity index (χ3n) is 2.05. The summed E-state index contributed by atoms with van der Waals surface area (Å²) < 4.78 is 5.92. The highest BCUT2D eigenvalue weighted by molar-refractivity contribution is 4.74. The molecule has 0 fully saturated rings. The van der Waals surface area contributed by atoms with E-state index in [0.717, 1.165) is 13.0 Å². The molecule has 0 aliphatic heterocycles. The number of rotatable bonds is 3. The minimum Gasteiger partial charge on any atom is -0.377 e. The molecule has 1 atom stereocenters. The lowest BCUT2D eigenvalue weighted by atomic mass is 9.87. The highest BCUT2D eigenvalue weighted by Crippen LogP contribution is 2.26. The molecule has 1 heteroatoms. The molecule has 0 heterocycles. The number of hydrogen-bond donors (Lipinski definition) is 0. The fourth-order valence-corrected chi connectivity index (χ4v) is 1.33. The highest BCUT2D eigenvalue weighted by atomic mass is 16.5. The van der Waals surface area contributed by atoms with Gasteiger partial charge in [-0.15, -0.1) is 0 Å². The van der Waals surface area contributed by atoms with Gasteiger partial charge >= 0.3 is 0 Å². The van der Waals surface area contributed by atoms with Crippen LogP contribution in [0.2, 0.25) is 0 Å². The summed E-state index contributed by atoms with van der Waals surface area (Å²) in [7, 11) is 0. The van der Waals surface area contributed by atoms with Gasteiger partial charge in [-0.25, -0.2) is 0 Å². The van der Waals surface area contributed by atoms with Crippen LogP contribution in [0.15, 0.2) is 0 Å². The van der Waals surface area contributed by atoms with Crippen LogP contribution in [0, 0.1) is 10.8 Å². The lowest BCUT2D eigenvalue weighted by Gasteiger charge is -2.32. The Labute approximate surface area is 83.9 Å². The van der Waals surface area contributed by atoms with E-state index in [1.54, 1.807) is 0 Å². The Balaban J connectivity index is 4.02. The minimum atomic E-state index is 0.264. The van der Waals surface area contributed by atoms with Crippen LogP contribution in [0.5, 0.6) is 0 Å². The molecule has 0 aromatic heterocycles. The van der Waals surface area contributed by atoms with E-state index in [2.05, 4.69) is 48.5 Å². The molecule has 0 aromatic carbocycles. The van der Waals surface area contributed by atoms with Crippen LogP contribution in [0.25, 0.3) is 0 Å². The van der Waals surface area contributed by atoms with Crippen LogP contribution in [0.4, 0.5) is 0 Å². The minimum absolute atomic E-state index is 0.264. The maximum atomic E-state index is 5.92. The van der Waals surface area contributed by atoms with Crippen molar-refractivity contribution >= 4 is 0 Å². The molecule has 0 aliphatic carbocycles. The third kappa shape index (κ3) is 6.09. The van der Waals surface area contributed by atoms with Crippen LogP contribution >= 0.6 is 0 Å². The predicted molar refractivity (Wildman–Crippen MR) is 58.9 cm³/mol. The van der Waals surface area contributed by atoms with E-state index < -0.39 is 0 Å². The van der Waals surface area contributed by atoms with Crippen molar-refractivity contribution in [1.29, 1.82) is 0 Å². The maximum absolute atomic E-state index is 5.92. The second-order valence-corrected chi connectivity index (χ2v) is 6.13. The van der Waals surface area contributed by atoms with Crippen molar-refractivity contribution in [2.24, 2.45) is 10.8 Å². The van der Waals surface area contributed by atoms with Crippen molar-refractivity contribution in [2.45, 2.75) is 61.0 Å². The molecule has 1 nitrogen and oxygen atoms in total. The first-order valence-corrected chi connectivity index (χ1v) is 5.28. The van der Waals surface area contributed by atoms with Crippen molar-refractivity contribution in [3.8, 4) is 0 Å². The monoisotopic (exact) mass is 186 g/mol. The summed E-state index contributed by atoms with van der Waals surface area (Å²) in [4.78, 5) is 0. The Kier molecular flexibility index (Phi) is 4.44. The average Bonchev–Trinajstić information content (AvgIpc) is 1.82. The lowest BCUT2D eigenvalue weighted by Crippen LogP contribution is -2.31. The average molecular weight is 186 g/mol. The maximum Gasteiger partial charge on any atom is 0.0621 e. The zero-order chi connectivity index (χ0) is 10.7. The van der Waals surface area contributed by atoms with Gasteiger partial charge in [0.1, 0.15) is 0 Å². The van der Waals surface area contributed by atoms with Crippen molar-refractivity contribution in [3.63, 3.8) is 0 Å². The van der Waals surface area contributed by atoms with Gasteiger partial charge in [-0.1, -0.05) is 48.5 Å². The fraction of sp³-hybridized carbons (Fsp3) is 1.00. The van der Waals surface area contributed by atoms with Crippen molar-refractivity contribution in [1.82, 2.24) is 0 Å². The molecule has 0 rings (SSSR count). The van der Waals surface area contributed by atoms with Crippen LogP contribution in [-0.4, -0.2) is 12.7 Å². The second-order valence-electron chi connectivity index (χ2n) is 6.13. The molecule has 0 saturated heterocycles. The smallest absolute Gasteiger partial charge is 0.0621 e. The van der Waals surface area contributed by atoms with E-state index in [-0.39, 0.29) is 10.8 Å². The lowest BCUT2D eigenvalue weighted by molar-refractivity contribution is -0.0486. The van der Waals surface area contributed by atoms with E-state index in [1.165, 1.54) is 0 Å². The van der Waals surface area contributed by atoms with Crippen molar-refractivity contribution in [2.75, 3.05) is 6.61 Å². The molecule has 0 N–H and O–H groups in total. The molecule has 0 bridgehead atoms. The Bertz CT molecular complexity index is 136. The Morgan fingerprint density at radius 3 is 1.69 bits per heavy atom. The molecular formula is C12H26O. The Morgan fingerprint density at radius 1 is 1.00 bits per heavy atom. The van der Waals surface area contributed by atoms with Crippen LogP contribution in [0.3, 0.4) is 0 Å². The van der Waals surface area contributed by atoms with Gasteiger partial charge in [-0.2, -0.15) is 0 Å². The van der Waals surface area contributed by atoms with Crippen LogP contribution < -0.4 is 0 Å². The molecule has 0 aliphatic rings. The molecule has 0 spiro atoms. The third-order valence-corrected chi connectivity index (χ3v) is 2.05. The first kappa shape index (κ1) is 13.0. The molecule has 0 aromatic rings. The van der Waals surface area contributed by atoms with Gasteiger partial charge in [0, 0.05) is 0 Å². The normalized spacial score (nSPS) is 15.9. The largest absolute Gasteiger partial charge is 0.377 e. The van der Waals surface area contributed by atoms with Crippen LogP contribution in [0.1, 0.15) is 54.9 Å². The van der Waals surface area contributed by atoms with Gasteiger partial charge in [-0.05, 0) is 17.3 Å². The van der Waals surface area contributed by atoms with Gasteiger partial charge in [0.15, 0.2) is 0 Å². The number of hydrogen-bond acceptors (Lipinski definition) is 1. The molecule has 0 saturated carbocycles. The topological polar surface area (TPSA) is 9.23 Å². The van der Waals surface area contributed by atoms with Gasteiger partial charge < -0.3 is 4.74 Å². The van der Waals surface area contributed by atoms with Gasteiger partial charge in [0.05, 0.1) is 12.7 Å². The van der Waals surface area contributed by atoms with E-state index >= 15 is 0 Å². The van der Waals surface area contributed by atoms with E-state index in [1.807, 2.05) is 0 Å². The van der Waals surface area contributed by atoms with E-state index in [0.29, 0.717) is 6.10 Å². The zero-order valence-corrected chi connectivity index (χ0v) is 10.4. The number of ether oxygens (including phenoxy) is 1. The quantitative estimate of drug-likeness (QED) is 0.650. The summed E-state index contributed by atoms with van der Waals surface area (Å²) in [5.41, 5.74) is 0.540. The van der Waals surface area contributed by atoms with Gasteiger partial charge in [0.25, 0.3) is 0 Å². The first-order chi connectivity index (χ1) is 5.67. The summed E-state index contributed by atoms with van der Waals surface area (Å²) in [6.45, 7) is 16.4. The van der Waals surface area contributed by atoms with E-state index in [9.17, 15) is 0 Å². The molecule has 13 heavy (non-hydrogen) atoms. The molecule has 0 radical (unpaired) electrons. The molecular weight excluding hydrogens is 160 g/mol. The molecule has 80 valence electrons. The van der Waals surface area contributed by atoms with Crippen molar-refractivity contribution in [3.05, 3.63) is 0 Å². The Hall–Kier alpha value is -0.0400. The van der Waals surface area contributed by atoms with Gasteiger partial charge in [-0.3, -0.25) is 0 Å². The van der Waals surface area contributed by atoms with Gasteiger partial charge in [0.2, 0.25) is 0 Å². The summed E-state index contributed by atoms with van der Waals surface area (Å²) >= 11 is 0. The van der Waals surface area contributed by atoms with E-state index in [4.69, 9.17) is 4.74 Å². The van der Waals surface area contributed by atoms with Crippen LogP contribution in [-0.2, 0) is 4.74 Å². The standard InChI is InChI=1S/C12H26O/c1-8-10(12(5,6)7)13-9-11(2,3)4/h10H,8-9H2,1-7H3. The Morgan fingerprint density at radius 2 is 1.46 bits per heavy atom. The first-order valence-electron chi connectivity index (χ1n) is 5.28. The summed E-state index contributed by atoms with van der Waals surface area (Å²) in [5, 5.41) is 0. The fourth-order valence-electron chi connectivity index (χ4n) is 1.33. The predicted octanol–water partition coefficient (Wildman–Crippen LogP) is 3.87. The summed E-state index contributed by atoms with van der Waals surface area (Å²) in [6, 6.07) is 0. The van der Waals surface area contributed by atoms with Crippen molar-refractivity contribution < 1.29 is 4.74 Å². The molecule has 0 amide bonds. The molecule has 1 unspecified atom stereocenters. The highest BCUT2D eigenvalue weighted by Gasteiger charge is 2.25.